The van der Waals surface area contributed by atoms with Gasteiger partial charge in [0.25, 0.3) is 0 Å². The summed E-state index contributed by atoms with van der Waals surface area (Å²) >= 11 is 0. The standard InChI is InChI=1S/C19H25N5O2/c1-2-7-17-23-19(26-24-17)12-5-11-18(25)20-13-6-10-16-21-14-8-3-4-9-15(14)22-16/h3-4,8-9H,2,5-7,10-13H2,1H3,(H,20,25)(H,21,22). The van der Waals surface area contributed by atoms with Crippen molar-refractivity contribution in [3.8, 4) is 0 Å². The third-order valence-corrected chi connectivity index (χ3v) is 4.13. The number of H-pyrrole nitrogens is 1. The van der Waals surface area contributed by atoms with Crippen LogP contribution in [-0.4, -0.2) is 32.6 Å². The van der Waals surface area contributed by atoms with E-state index in [1.165, 1.54) is 0 Å². The van der Waals surface area contributed by atoms with Gasteiger partial charge in [0, 0.05) is 32.2 Å². The minimum atomic E-state index is 0.0582. The van der Waals surface area contributed by atoms with Crippen molar-refractivity contribution in [2.24, 2.45) is 0 Å². The number of fused-ring (bicyclic) bond motifs is 1. The fourth-order valence-corrected chi connectivity index (χ4v) is 2.81. The van der Waals surface area contributed by atoms with Gasteiger partial charge in [-0.05, 0) is 31.4 Å². The summed E-state index contributed by atoms with van der Waals surface area (Å²) in [5.74, 6) is 2.38. The lowest BCUT2D eigenvalue weighted by Gasteiger charge is -2.03. The molecule has 1 aromatic carbocycles. The zero-order valence-electron chi connectivity index (χ0n) is 15.1. The predicted molar refractivity (Wildman–Crippen MR) is 98.7 cm³/mol. The molecule has 7 heteroatoms. The molecular formula is C19H25N5O2. The molecule has 0 unspecified atom stereocenters. The maximum atomic E-state index is 11.9. The maximum Gasteiger partial charge on any atom is 0.226 e. The summed E-state index contributed by atoms with van der Waals surface area (Å²) in [6, 6.07) is 7.98. The van der Waals surface area contributed by atoms with Crippen LogP contribution in [0.2, 0.25) is 0 Å². The van der Waals surface area contributed by atoms with Crippen LogP contribution >= 0.6 is 0 Å². The number of amides is 1. The molecule has 0 spiro atoms. The molecule has 2 N–H and O–H groups in total. The SMILES string of the molecule is CCCc1noc(CCCC(=O)NCCCc2nc3ccccc3[nH]2)n1. The van der Waals surface area contributed by atoms with E-state index in [4.69, 9.17) is 4.52 Å². The van der Waals surface area contributed by atoms with E-state index < -0.39 is 0 Å². The quantitative estimate of drug-likeness (QED) is 0.545. The predicted octanol–water partition coefficient (Wildman–Crippen LogP) is 2.97. The Labute approximate surface area is 152 Å². The Morgan fingerprint density at radius 1 is 1.15 bits per heavy atom. The molecule has 0 fully saturated rings. The van der Waals surface area contributed by atoms with E-state index in [1.54, 1.807) is 0 Å². The van der Waals surface area contributed by atoms with Gasteiger partial charge in [-0.15, -0.1) is 0 Å². The third kappa shape index (κ3) is 5.15. The number of aromatic amines is 1. The Balaban J connectivity index is 1.30. The first-order chi connectivity index (χ1) is 12.7. The molecule has 1 amide bonds. The molecule has 0 aliphatic heterocycles. The van der Waals surface area contributed by atoms with Gasteiger partial charge in [-0.3, -0.25) is 4.79 Å². The number of benzene rings is 1. The Morgan fingerprint density at radius 2 is 2.04 bits per heavy atom. The van der Waals surface area contributed by atoms with Gasteiger partial charge in [0.15, 0.2) is 5.82 Å². The average molecular weight is 355 g/mol. The second-order valence-electron chi connectivity index (χ2n) is 6.36. The van der Waals surface area contributed by atoms with Crippen LogP contribution < -0.4 is 5.32 Å². The zero-order valence-corrected chi connectivity index (χ0v) is 15.1. The molecule has 0 saturated carbocycles. The van der Waals surface area contributed by atoms with Crippen molar-refractivity contribution < 1.29 is 9.32 Å². The lowest BCUT2D eigenvalue weighted by molar-refractivity contribution is -0.121. The fraction of sp³-hybridized carbons (Fsp3) is 0.474. The fourth-order valence-electron chi connectivity index (χ4n) is 2.81. The highest BCUT2D eigenvalue weighted by Gasteiger charge is 2.07. The number of nitrogens with one attached hydrogen (secondary N) is 2. The number of carbonyl (C=O) groups is 1. The van der Waals surface area contributed by atoms with E-state index in [-0.39, 0.29) is 5.91 Å². The Morgan fingerprint density at radius 3 is 2.88 bits per heavy atom. The van der Waals surface area contributed by atoms with Crippen molar-refractivity contribution in [1.29, 1.82) is 0 Å². The van der Waals surface area contributed by atoms with E-state index in [0.717, 1.165) is 48.4 Å². The van der Waals surface area contributed by atoms with Gasteiger partial charge in [-0.2, -0.15) is 4.98 Å². The first-order valence-corrected chi connectivity index (χ1v) is 9.26. The van der Waals surface area contributed by atoms with Crippen molar-refractivity contribution in [2.75, 3.05) is 6.54 Å². The molecule has 2 heterocycles. The second-order valence-corrected chi connectivity index (χ2v) is 6.36. The van der Waals surface area contributed by atoms with Gasteiger partial charge >= 0.3 is 0 Å². The van der Waals surface area contributed by atoms with Crippen LogP contribution in [0.4, 0.5) is 0 Å². The highest BCUT2D eigenvalue weighted by atomic mass is 16.5. The molecule has 0 aliphatic carbocycles. The van der Waals surface area contributed by atoms with Crippen LogP contribution in [0.15, 0.2) is 28.8 Å². The normalized spacial score (nSPS) is 11.1. The number of rotatable bonds is 10. The number of nitrogens with zero attached hydrogens (tertiary/aromatic N) is 3. The molecule has 0 bridgehead atoms. The molecule has 7 nitrogen and oxygen atoms in total. The number of imidazole rings is 1. The summed E-state index contributed by atoms with van der Waals surface area (Å²) in [5.41, 5.74) is 2.03. The van der Waals surface area contributed by atoms with Gasteiger partial charge in [-0.25, -0.2) is 4.98 Å². The van der Waals surface area contributed by atoms with E-state index in [9.17, 15) is 4.79 Å². The molecule has 3 aromatic rings. The zero-order chi connectivity index (χ0) is 18.2. The van der Waals surface area contributed by atoms with E-state index in [0.29, 0.717) is 31.7 Å². The lowest BCUT2D eigenvalue weighted by atomic mass is 10.2. The molecule has 2 aromatic heterocycles. The number of hydrogen-bond donors (Lipinski definition) is 2. The largest absolute Gasteiger partial charge is 0.356 e. The van der Waals surface area contributed by atoms with Gasteiger partial charge < -0.3 is 14.8 Å². The second kappa shape index (κ2) is 9.12. The van der Waals surface area contributed by atoms with Crippen molar-refractivity contribution in [3.63, 3.8) is 0 Å². The third-order valence-electron chi connectivity index (χ3n) is 4.13. The number of aryl methyl sites for hydroxylation is 3. The van der Waals surface area contributed by atoms with Gasteiger partial charge in [0.1, 0.15) is 5.82 Å². The highest BCUT2D eigenvalue weighted by molar-refractivity contribution is 5.76. The molecule has 138 valence electrons. The summed E-state index contributed by atoms with van der Waals surface area (Å²) < 4.78 is 5.17. The minimum absolute atomic E-state index is 0.0582. The van der Waals surface area contributed by atoms with Crippen LogP contribution in [0.3, 0.4) is 0 Å². The molecule has 3 rings (SSSR count). The van der Waals surface area contributed by atoms with Crippen LogP contribution in [0, 0.1) is 0 Å². The Kier molecular flexibility index (Phi) is 6.35. The molecule has 0 radical (unpaired) electrons. The van der Waals surface area contributed by atoms with Crippen molar-refractivity contribution >= 4 is 16.9 Å². The van der Waals surface area contributed by atoms with E-state index >= 15 is 0 Å². The number of carbonyl (C=O) groups excluding carboxylic acids is 1. The summed E-state index contributed by atoms with van der Waals surface area (Å²) in [7, 11) is 0. The monoisotopic (exact) mass is 355 g/mol. The van der Waals surface area contributed by atoms with Gasteiger partial charge in [-0.1, -0.05) is 24.2 Å². The van der Waals surface area contributed by atoms with Gasteiger partial charge in [0.05, 0.1) is 11.0 Å². The van der Waals surface area contributed by atoms with Crippen LogP contribution in [-0.2, 0) is 24.1 Å². The van der Waals surface area contributed by atoms with E-state index in [2.05, 4.69) is 32.3 Å². The number of para-hydroxylation sites is 2. The minimum Gasteiger partial charge on any atom is -0.356 e. The molecule has 26 heavy (non-hydrogen) atoms. The topological polar surface area (TPSA) is 96.7 Å². The van der Waals surface area contributed by atoms with E-state index in [1.807, 2.05) is 24.3 Å². The van der Waals surface area contributed by atoms with Gasteiger partial charge in [0.2, 0.25) is 11.8 Å². The smallest absolute Gasteiger partial charge is 0.226 e. The lowest BCUT2D eigenvalue weighted by Crippen LogP contribution is -2.24. The van der Waals surface area contributed by atoms with Crippen LogP contribution in [0.25, 0.3) is 11.0 Å². The summed E-state index contributed by atoms with van der Waals surface area (Å²) in [6.45, 7) is 2.73. The van der Waals surface area contributed by atoms with Crippen molar-refractivity contribution in [3.05, 3.63) is 41.8 Å². The first-order valence-electron chi connectivity index (χ1n) is 9.26. The Hall–Kier alpha value is -2.70. The van der Waals surface area contributed by atoms with Crippen molar-refractivity contribution in [2.45, 2.75) is 51.9 Å². The maximum absolute atomic E-state index is 11.9. The average Bonchev–Trinajstić information content (AvgIpc) is 3.25. The summed E-state index contributed by atoms with van der Waals surface area (Å²) in [5, 5.41) is 6.86. The number of aromatic nitrogens is 4. The molecule has 0 saturated heterocycles. The van der Waals surface area contributed by atoms with Crippen LogP contribution in [0.5, 0.6) is 0 Å². The van der Waals surface area contributed by atoms with Crippen molar-refractivity contribution in [1.82, 2.24) is 25.4 Å². The number of hydrogen-bond acceptors (Lipinski definition) is 5. The molecule has 0 atom stereocenters. The molecule has 0 aliphatic rings. The summed E-state index contributed by atoms with van der Waals surface area (Å²) in [4.78, 5) is 24.0. The first kappa shape index (κ1) is 18.1. The Bertz CT molecular complexity index is 806. The summed E-state index contributed by atoms with van der Waals surface area (Å²) in [6.07, 6.45) is 5.32. The molecular weight excluding hydrogens is 330 g/mol. The highest BCUT2D eigenvalue weighted by Crippen LogP contribution is 2.11. The van der Waals surface area contributed by atoms with Crippen LogP contribution in [0.1, 0.15) is 50.1 Å².